The summed E-state index contributed by atoms with van der Waals surface area (Å²) in [5.41, 5.74) is 3.04. The van der Waals surface area contributed by atoms with Gasteiger partial charge >= 0.3 is 0 Å². The van der Waals surface area contributed by atoms with Gasteiger partial charge in [0.1, 0.15) is 0 Å². The third-order valence-electron chi connectivity index (χ3n) is 5.56. The zero-order valence-electron chi connectivity index (χ0n) is 18.1. The number of piperidine rings is 1. The van der Waals surface area contributed by atoms with Crippen LogP contribution in [0.3, 0.4) is 0 Å². The number of carbonyl (C=O) groups excluding carboxylic acids is 2. The third kappa shape index (κ3) is 5.99. The van der Waals surface area contributed by atoms with Gasteiger partial charge in [-0.05, 0) is 63.2 Å². The SMILES string of the molecule is Cc1nc(CN2CCC(C(=O)Nc3cccc(C(=O)NCc4ccccn4)c3)CC2)cs1. The number of aryl methyl sites for hydroxylation is 1. The third-order valence-corrected chi connectivity index (χ3v) is 6.38. The fraction of sp³-hybridized carbons (Fsp3) is 0.333. The highest BCUT2D eigenvalue weighted by Gasteiger charge is 2.25. The van der Waals surface area contributed by atoms with Gasteiger partial charge in [-0.15, -0.1) is 11.3 Å². The fourth-order valence-corrected chi connectivity index (χ4v) is 4.43. The molecule has 8 heteroatoms. The Hall–Kier alpha value is -3.10. The molecule has 0 spiro atoms. The van der Waals surface area contributed by atoms with E-state index in [2.05, 4.69) is 30.9 Å². The maximum absolute atomic E-state index is 12.8. The van der Waals surface area contributed by atoms with Crippen molar-refractivity contribution in [1.29, 1.82) is 0 Å². The Morgan fingerprint density at radius 2 is 1.97 bits per heavy atom. The van der Waals surface area contributed by atoms with Gasteiger partial charge in [0.05, 0.1) is 22.9 Å². The lowest BCUT2D eigenvalue weighted by molar-refractivity contribution is -0.121. The Kier molecular flexibility index (Phi) is 7.24. The van der Waals surface area contributed by atoms with Crippen LogP contribution in [0, 0.1) is 12.8 Å². The number of likely N-dealkylation sites (tertiary alicyclic amines) is 1. The molecule has 32 heavy (non-hydrogen) atoms. The quantitative estimate of drug-likeness (QED) is 0.575. The molecule has 0 bridgehead atoms. The number of rotatable bonds is 7. The van der Waals surface area contributed by atoms with E-state index >= 15 is 0 Å². The average Bonchev–Trinajstić information content (AvgIpc) is 3.23. The maximum atomic E-state index is 12.8. The van der Waals surface area contributed by atoms with Gasteiger partial charge in [0.2, 0.25) is 5.91 Å². The van der Waals surface area contributed by atoms with E-state index in [1.54, 1.807) is 35.7 Å². The number of carbonyl (C=O) groups is 2. The van der Waals surface area contributed by atoms with E-state index in [0.29, 0.717) is 17.8 Å². The summed E-state index contributed by atoms with van der Waals surface area (Å²) < 4.78 is 0. The van der Waals surface area contributed by atoms with Crippen molar-refractivity contribution in [3.8, 4) is 0 Å². The Bertz CT molecular complexity index is 1060. The van der Waals surface area contributed by atoms with Crippen molar-refractivity contribution in [2.75, 3.05) is 18.4 Å². The molecule has 2 N–H and O–H groups in total. The predicted octanol–water partition coefficient (Wildman–Crippen LogP) is 3.63. The highest BCUT2D eigenvalue weighted by molar-refractivity contribution is 7.09. The number of pyridine rings is 1. The molecular weight excluding hydrogens is 422 g/mol. The van der Waals surface area contributed by atoms with E-state index in [9.17, 15) is 9.59 Å². The van der Waals surface area contributed by atoms with Crippen molar-refractivity contribution in [3.05, 3.63) is 76.0 Å². The number of benzene rings is 1. The Morgan fingerprint density at radius 1 is 1.12 bits per heavy atom. The minimum atomic E-state index is -0.197. The first-order valence-electron chi connectivity index (χ1n) is 10.8. The molecule has 1 aliphatic heterocycles. The second-order valence-corrected chi connectivity index (χ2v) is 9.04. The number of thiazole rings is 1. The van der Waals surface area contributed by atoms with Crippen molar-refractivity contribution in [1.82, 2.24) is 20.2 Å². The van der Waals surface area contributed by atoms with Crippen LogP contribution in [0.15, 0.2) is 54.0 Å². The Morgan fingerprint density at radius 3 is 2.69 bits per heavy atom. The second kappa shape index (κ2) is 10.5. The normalized spacial score (nSPS) is 14.8. The van der Waals surface area contributed by atoms with Crippen LogP contribution < -0.4 is 10.6 Å². The molecule has 2 amide bonds. The molecule has 1 aliphatic rings. The van der Waals surface area contributed by atoms with Gasteiger partial charge in [0, 0.05) is 35.3 Å². The summed E-state index contributed by atoms with van der Waals surface area (Å²) in [6, 6.07) is 12.6. The highest BCUT2D eigenvalue weighted by atomic mass is 32.1. The van der Waals surface area contributed by atoms with Crippen LogP contribution in [0.4, 0.5) is 5.69 Å². The molecule has 2 aromatic heterocycles. The van der Waals surface area contributed by atoms with Crippen LogP contribution >= 0.6 is 11.3 Å². The Balaban J connectivity index is 1.27. The van der Waals surface area contributed by atoms with Gasteiger partial charge in [0.25, 0.3) is 5.91 Å². The van der Waals surface area contributed by atoms with Gasteiger partial charge in [-0.3, -0.25) is 19.5 Å². The van der Waals surface area contributed by atoms with E-state index in [4.69, 9.17) is 0 Å². The summed E-state index contributed by atoms with van der Waals surface area (Å²) in [7, 11) is 0. The molecule has 1 aromatic carbocycles. The van der Waals surface area contributed by atoms with Crippen LogP contribution in [-0.4, -0.2) is 39.8 Å². The summed E-state index contributed by atoms with van der Waals surface area (Å²) in [6.45, 7) is 4.97. The standard InChI is InChI=1S/C24H27N5O2S/c1-17-27-22(16-32-17)15-29-11-8-18(9-12-29)24(31)28-20-7-4-5-19(13-20)23(30)26-14-21-6-2-3-10-25-21/h2-7,10,13,16,18H,8-9,11-12,14-15H2,1H3,(H,26,30)(H,28,31). The molecule has 0 aliphatic carbocycles. The van der Waals surface area contributed by atoms with E-state index in [1.807, 2.05) is 31.2 Å². The first-order chi connectivity index (χ1) is 15.6. The van der Waals surface area contributed by atoms with Crippen LogP contribution in [0.2, 0.25) is 0 Å². The van der Waals surface area contributed by atoms with Gasteiger partial charge in [0.15, 0.2) is 0 Å². The van der Waals surface area contributed by atoms with Crippen LogP contribution in [0.25, 0.3) is 0 Å². The molecule has 3 aromatic rings. The van der Waals surface area contributed by atoms with E-state index < -0.39 is 0 Å². The minimum Gasteiger partial charge on any atom is -0.346 e. The zero-order valence-corrected chi connectivity index (χ0v) is 18.9. The summed E-state index contributed by atoms with van der Waals surface area (Å²) in [5, 5.41) is 9.04. The number of hydrogen-bond acceptors (Lipinski definition) is 6. The molecule has 0 atom stereocenters. The van der Waals surface area contributed by atoms with Crippen LogP contribution in [-0.2, 0) is 17.9 Å². The van der Waals surface area contributed by atoms with Gasteiger partial charge < -0.3 is 10.6 Å². The molecule has 7 nitrogen and oxygen atoms in total. The zero-order chi connectivity index (χ0) is 22.3. The highest BCUT2D eigenvalue weighted by Crippen LogP contribution is 2.22. The van der Waals surface area contributed by atoms with Gasteiger partial charge in [-0.2, -0.15) is 0 Å². The number of aromatic nitrogens is 2. The predicted molar refractivity (Wildman–Crippen MR) is 125 cm³/mol. The van der Waals surface area contributed by atoms with Crippen molar-refractivity contribution in [2.24, 2.45) is 5.92 Å². The van der Waals surface area contributed by atoms with Crippen molar-refractivity contribution < 1.29 is 9.59 Å². The molecule has 0 radical (unpaired) electrons. The summed E-state index contributed by atoms with van der Waals surface area (Å²) in [4.78, 5) is 36.3. The van der Waals surface area contributed by atoms with Crippen molar-refractivity contribution in [3.63, 3.8) is 0 Å². The number of anilines is 1. The first-order valence-corrected chi connectivity index (χ1v) is 11.7. The smallest absolute Gasteiger partial charge is 0.251 e. The van der Waals surface area contributed by atoms with Gasteiger partial charge in [-0.25, -0.2) is 4.98 Å². The topological polar surface area (TPSA) is 87.2 Å². The monoisotopic (exact) mass is 449 g/mol. The molecular formula is C24H27N5O2S. The first kappa shape index (κ1) is 22.1. The molecule has 1 saturated heterocycles. The van der Waals surface area contributed by atoms with Crippen molar-refractivity contribution in [2.45, 2.75) is 32.9 Å². The average molecular weight is 450 g/mol. The molecule has 0 unspecified atom stereocenters. The second-order valence-electron chi connectivity index (χ2n) is 7.98. The summed E-state index contributed by atoms with van der Waals surface area (Å²) in [6.07, 6.45) is 3.33. The molecule has 1 fully saturated rings. The van der Waals surface area contributed by atoms with Gasteiger partial charge in [-0.1, -0.05) is 12.1 Å². The lowest BCUT2D eigenvalue weighted by Gasteiger charge is -2.30. The van der Waals surface area contributed by atoms with Crippen molar-refractivity contribution >= 4 is 28.8 Å². The number of amides is 2. The lowest BCUT2D eigenvalue weighted by Crippen LogP contribution is -2.37. The van der Waals surface area contributed by atoms with Crippen LogP contribution in [0.1, 0.15) is 39.6 Å². The molecule has 3 heterocycles. The van der Waals surface area contributed by atoms with E-state index in [-0.39, 0.29) is 17.7 Å². The van der Waals surface area contributed by atoms with E-state index in [0.717, 1.165) is 48.9 Å². The number of hydrogen-bond donors (Lipinski definition) is 2. The molecule has 166 valence electrons. The van der Waals surface area contributed by atoms with Crippen LogP contribution in [0.5, 0.6) is 0 Å². The molecule has 0 saturated carbocycles. The number of nitrogens with one attached hydrogen (secondary N) is 2. The minimum absolute atomic E-state index is 0.0141. The summed E-state index contributed by atoms with van der Waals surface area (Å²) >= 11 is 1.67. The molecule has 4 rings (SSSR count). The maximum Gasteiger partial charge on any atom is 0.251 e. The largest absolute Gasteiger partial charge is 0.346 e. The summed E-state index contributed by atoms with van der Waals surface area (Å²) in [5.74, 6) is -0.206. The Labute approximate surface area is 191 Å². The van der Waals surface area contributed by atoms with E-state index in [1.165, 1.54) is 0 Å². The fourth-order valence-electron chi connectivity index (χ4n) is 3.82. The lowest BCUT2D eigenvalue weighted by atomic mass is 9.95. The number of nitrogens with zero attached hydrogens (tertiary/aromatic N) is 3.